The molecule has 7 nitrogen and oxygen atoms in total. The Morgan fingerprint density at radius 1 is 1.12 bits per heavy atom. The van der Waals surface area contributed by atoms with Gasteiger partial charge in [0.1, 0.15) is 4.90 Å². The van der Waals surface area contributed by atoms with E-state index in [-0.39, 0.29) is 43.9 Å². The number of hydrogen-bond acceptors (Lipinski definition) is 4. The van der Waals surface area contributed by atoms with Gasteiger partial charge in [0.05, 0.1) is 30.1 Å². The van der Waals surface area contributed by atoms with Crippen LogP contribution in [0.25, 0.3) is 0 Å². The third-order valence-corrected chi connectivity index (χ3v) is 6.70. The quantitative estimate of drug-likeness (QED) is 0.485. The molecule has 2 aromatic rings. The number of aliphatic hydroxyl groups is 1. The van der Waals surface area contributed by atoms with E-state index in [1.165, 1.54) is 4.90 Å². The number of aliphatic hydroxyl groups excluding tert-OH is 1. The van der Waals surface area contributed by atoms with Crippen molar-refractivity contribution in [3.8, 4) is 0 Å². The number of carbonyl (C=O) groups excluding carboxylic acids is 2. The lowest BCUT2D eigenvalue weighted by atomic mass is 10.1. The molecule has 2 atom stereocenters. The molecule has 4 rings (SSSR count). The summed E-state index contributed by atoms with van der Waals surface area (Å²) < 4.78 is 67.0. The molecule has 180 valence electrons. The molecule has 4 N–H and O–H groups in total. The predicted molar refractivity (Wildman–Crippen MR) is 114 cm³/mol. The van der Waals surface area contributed by atoms with E-state index >= 15 is 0 Å². The maximum Gasteiger partial charge on any atom is 0.319 e. The fourth-order valence-electron chi connectivity index (χ4n) is 4.01. The van der Waals surface area contributed by atoms with Crippen molar-refractivity contribution in [1.29, 1.82) is 0 Å². The number of amides is 3. The van der Waals surface area contributed by atoms with E-state index in [1.807, 2.05) is 0 Å². The van der Waals surface area contributed by atoms with Crippen LogP contribution in [0.5, 0.6) is 0 Å². The molecule has 0 aromatic heterocycles. The Morgan fingerprint density at radius 2 is 1.85 bits per heavy atom. The molecule has 0 spiro atoms. The number of benzene rings is 2. The van der Waals surface area contributed by atoms with Crippen molar-refractivity contribution in [2.24, 2.45) is 0 Å². The van der Waals surface area contributed by atoms with Crippen LogP contribution < -0.4 is 20.9 Å². The largest absolute Gasteiger partial charge is 0.386 e. The third kappa shape index (κ3) is 4.98. The SMILES string of the molecule is O=C1CN(c2ccc(S(F)(F)(F)(F)F)cc2NC(=O)NC2Cc3ccccc3C2O)CCN1. The number of rotatable bonds is 4. The summed E-state index contributed by atoms with van der Waals surface area (Å²) in [5.74, 6) is -0.403. The normalized spacial score (nSPS) is 22.6. The minimum atomic E-state index is -10.0. The summed E-state index contributed by atoms with van der Waals surface area (Å²) >= 11 is 0. The van der Waals surface area contributed by atoms with Gasteiger partial charge >= 0.3 is 16.3 Å². The topological polar surface area (TPSA) is 93.7 Å². The number of anilines is 2. The fraction of sp³-hybridized carbons (Fsp3) is 0.300. The lowest BCUT2D eigenvalue weighted by molar-refractivity contribution is -0.120. The van der Waals surface area contributed by atoms with E-state index in [1.54, 1.807) is 24.3 Å². The van der Waals surface area contributed by atoms with Gasteiger partial charge in [-0.15, -0.1) is 0 Å². The van der Waals surface area contributed by atoms with Crippen molar-refractivity contribution >= 4 is 33.5 Å². The van der Waals surface area contributed by atoms with E-state index in [0.29, 0.717) is 5.56 Å². The Morgan fingerprint density at radius 3 is 2.52 bits per heavy atom. The van der Waals surface area contributed by atoms with Crippen molar-refractivity contribution in [2.45, 2.75) is 23.5 Å². The summed E-state index contributed by atoms with van der Waals surface area (Å²) in [5, 5.41) is 17.7. The molecular weight excluding hydrogens is 471 g/mol. The molecule has 0 bridgehead atoms. The van der Waals surface area contributed by atoms with Gasteiger partial charge in [-0.3, -0.25) is 4.79 Å². The predicted octanol–water partition coefficient (Wildman–Crippen LogP) is 4.06. The molecule has 33 heavy (non-hydrogen) atoms. The van der Waals surface area contributed by atoms with Crippen molar-refractivity contribution in [3.05, 3.63) is 53.6 Å². The standard InChI is InChI=1S/C20H21F5N4O3S/c21-33(22,23,24,25)13-5-6-17(29-8-7-26-18(30)11-29)15(10-13)27-20(32)28-16-9-12-3-1-2-4-14(12)19(16)31/h1-6,10,16,19,31H,7-9,11H2,(H,26,30)(H2,27,28,32). The Kier molecular flexibility index (Phi) is 5.06. The second kappa shape index (κ2) is 7.22. The number of nitrogens with one attached hydrogen (secondary N) is 3. The minimum Gasteiger partial charge on any atom is -0.386 e. The van der Waals surface area contributed by atoms with Crippen LogP contribution >= 0.6 is 10.2 Å². The number of fused-ring (bicyclic) bond motifs is 1. The van der Waals surface area contributed by atoms with Crippen LogP contribution in [0.1, 0.15) is 17.2 Å². The van der Waals surface area contributed by atoms with Gasteiger partial charge < -0.3 is 26.0 Å². The van der Waals surface area contributed by atoms with Gasteiger partial charge in [-0.25, -0.2) is 4.79 Å². The molecule has 1 aliphatic carbocycles. The smallest absolute Gasteiger partial charge is 0.319 e. The Balaban J connectivity index is 1.61. The second-order valence-corrected chi connectivity index (χ2v) is 10.4. The van der Waals surface area contributed by atoms with Gasteiger partial charge in [-0.2, -0.15) is 0 Å². The first kappa shape index (κ1) is 23.1. The van der Waals surface area contributed by atoms with E-state index in [4.69, 9.17) is 0 Å². The van der Waals surface area contributed by atoms with Gasteiger partial charge in [0.15, 0.2) is 0 Å². The van der Waals surface area contributed by atoms with E-state index in [2.05, 4.69) is 16.0 Å². The average Bonchev–Trinajstić information content (AvgIpc) is 3.02. The second-order valence-electron chi connectivity index (χ2n) is 7.97. The van der Waals surface area contributed by atoms with Gasteiger partial charge in [-0.05, 0) is 35.7 Å². The zero-order chi connectivity index (χ0) is 24.1. The van der Waals surface area contributed by atoms with E-state index < -0.39 is 44.9 Å². The van der Waals surface area contributed by atoms with Crippen LogP contribution in [-0.2, 0) is 11.2 Å². The summed E-state index contributed by atoms with van der Waals surface area (Å²) in [6.45, 7) is 0.178. The van der Waals surface area contributed by atoms with Crippen molar-refractivity contribution in [1.82, 2.24) is 10.6 Å². The maximum atomic E-state index is 13.4. The molecule has 13 heteroatoms. The summed E-state index contributed by atoms with van der Waals surface area (Å²) in [6, 6.07) is 6.43. The van der Waals surface area contributed by atoms with Gasteiger partial charge in [-0.1, -0.05) is 43.7 Å². The van der Waals surface area contributed by atoms with Crippen LogP contribution in [0, 0.1) is 0 Å². The lowest BCUT2D eigenvalue weighted by Crippen LogP contribution is -2.48. The van der Waals surface area contributed by atoms with Gasteiger partial charge in [0.25, 0.3) is 0 Å². The van der Waals surface area contributed by atoms with Crippen LogP contribution in [0.4, 0.5) is 35.6 Å². The van der Waals surface area contributed by atoms with Crippen LogP contribution in [-0.4, -0.2) is 42.7 Å². The first-order valence-electron chi connectivity index (χ1n) is 9.94. The Labute approximate surface area is 185 Å². The first-order valence-corrected chi connectivity index (χ1v) is 11.9. The van der Waals surface area contributed by atoms with E-state index in [9.17, 15) is 34.1 Å². The molecule has 0 radical (unpaired) electrons. The molecule has 0 saturated carbocycles. The number of piperazine rings is 1. The number of urea groups is 1. The minimum absolute atomic E-state index is 0.0131. The summed E-state index contributed by atoms with van der Waals surface area (Å²) in [7, 11) is -10.0. The molecule has 1 heterocycles. The van der Waals surface area contributed by atoms with Crippen LogP contribution in [0.15, 0.2) is 47.4 Å². The zero-order valence-electron chi connectivity index (χ0n) is 17.0. The highest BCUT2D eigenvalue weighted by Gasteiger charge is 2.65. The molecular formula is C20H21F5N4O3S. The average molecular weight is 492 g/mol. The zero-order valence-corrected chi connectivity index (χ0v) is 17.9. The number of nitrogens with zero attached hydrogens (tertiary/aromatic N) is 1. The summed E-state index contributed by atoms with van der Waals surface area (Å²) in [5.41, 5.74) is 0.878. The highest BCUT2D eigenvalue weighted by atomic mass is 32.5. The molecule has 2 unspecified atom stereocenters. The molecule has 1 aliphatic heterocycles. The summed E-state index contributed by atoms with van der Waals surface area (Å²) in [4.78, 5) is 23.5. The van der Waals surface area contributed by atoms with Gasteiger partial charge in [0, 0.05) is 13.1 Å². The Hall–Kier alpha value is -3.06. The molecule has 2 aliphatic rings. The molecule has 1 saturated heterocycles. The highest BCUT2D eigenvalue weighted by molar-refractivity contribution is 8.45. The number of hydrogen-bond donors (Lipinski definition) is 4. The highest BCUT2D eigenvalue weighted by Crippen LogP contribution is 3.02. The number of halogens is 5. The van der Waals surface area contributed by atoms with Crippen molar-refractivity contribution in [2.75, 3.05) is 29.9 Å². The van der Waals surface area contributed by atoms with E-state index in [0.717, 1.165) is 11.6 Å². The van der Waals surface area contributed by atoms with Crippen molar-refractivity contribution < 1.29 is 34.1 Å². The van der Waals surface area contributed by atoms with Crippen molar-refractivity contribution in [3.63, 3.8) is 0 Å². The van der Waals surface area contributed by atoms with Crippen LogP contribution in [0.3, 0.4) is 0 Å². The fourth-order valence-corrected chi connectivity index (χ4v) is 4.67. The molecule has 2 aromatic carbocycles. The summed E-state index contributed by atoms with van der Waals surface area (Å²) in [6.07, 6.45) is -0.747. The van der Waals surface area contributed by atoms with Gasteiger partial charge in [0.2, 0.25) is 5.91 Å². The molecule has 1 fully saturated rings. The molecule has 3 amide bonds. The maximum absolute atomic E-state index is 13.4. The first-order chi connectivity index (χ1) is 15.2. The Bertz CT molecular complexity index is 1130. The number of carbonyl (C=O) groups is 2. The third-order valence-electron chi connectivity index (χ3n) is 5.55. The lowest BCUT2D eigenvalue weighted by Gasteiger charge is -2.41. The monoisotopic (exact) mass is 492 g/mol. The van der Waals surface area contributed by atoms with Crippen LogP contribution in [0.2, 0.25) is 0 Å².